The number of hydrogen-bond donors (Lipinski definition) is 2. The second-order valence-corrected chi connectivity index (χ2v) is 8.54. The van der Waals surface area contributed by atoms with Crippen molar-refractivity contribution in [3.63, 3.8) is 0 Å². The van der Waals surface area contributed by atoms with E-state index in [0.29, 0.717) is 12.1 Å². The van der Waals surface area contributed by atoms with Crippen LogP contribution in [-0.2, 0) is 0 Å². The Hall–Kier alpha value is -3.48. The minimum absolute atomic E-state index is 0.101. The summed E-state index contributed by atoms with van der Waals surface area (Å²) in [4.78, 5) is 14.9. The lowest BCUT2D eigenvalue weighted by Gasteiger charge is -2.18. The summed E-state index contributed by atoms with van der Waals surface area (Å²) in [5.74, 6) is -0.101. The standard InChI is InChI=1S/C26H26N4O2/c1-16-12-17(2)30(28-16)19-7-3-6-18(13-19)20-8-4-10-22-21(20)9-5-11-23(22)26(32)29-14-24(27)25(31)15-29/h3-13,24-25,31H,14-15,27H2,1-2H3/t24-,25-/m1/s1. The topological polar surface area (TPSA) is 84.4 Å². The number of carbonyl (C=O) groups is 1. The average molecular weight is 427 g/mol. The number of rotatable bonds is 3. The number of nitrogens with two attached hydrogens (primary N) is 1. The zero-order valence-electron chi connectivity index (χ0n) is 18.2. The molecule has 6 nitrogen and oxygen atoms in total. The highest BCUT2D eigenvalue weighted by Gasteiger charge is 2.32. The number of hydrogen-bond acceptors (Lipinski definition) is 4. The zero-order chi connectivity index (χ0) is 22.4. The first-order chi connectivity index (χ1) is 15.4. The molecule has 6 heteroatoms. The maximum atomic E-state index is 13.2. The summed E-state index contributed by atoms with van der Waals surface area (Å²) in [6.07, 6.45) is -0.679. The van der Waals surface area contributed by atoms with Crippen molar-refractivity contribution in [3.8, 4) is 16.8 Å². The van der Waals surface area contributed by atoms with E-state index >= 15 is 0 Å². The molecule has 1 aliphatic rings. The van der Waals surface area contributed by atoms with Gasteiger partial charge in [0.25, 0.3) is 5.91 Å². The summed E-state index contributed by atoms with van der Waals surface area (Å²) in [7, 11) is 0. The third-order valence-electron chi connectivity index (χ3n) is 6.18. The molecule has 1 fully saturated rings. The fourth-order valence-corrected chi connectivity index (χ4v) is 4.59. The highest BCUT2D eigenvalue weighted by Crippen LogP contribution is 2.32. The van der Waals surface area contributed by atoms with Crippen LogP contribution in [-0.4, -0.2) is 50.9 Å². The van der Waals surface area contributed by atoms with Crippen LogP contribution in [0, 0.1) is 13.8 Å². The lowest BCUT2D eigenvalue weighted by Crippen LogP contribution is -2.33. The van der Waals surface area contributed by atoms with Gasteiger partial charge in [-0.25, -0.2) is 4.68 Å². The van der Waals surface area contributed by atoms with E-state index in [0.717, 1.165) is 39.0 Å². The van der Waals surface area contributed by atoms with Gasteiger partial charge < -0.3 is 15.7 Å². The van der Waals surface area contributed by atoms with Crippen LogP contribution in [0.15, 0.2) is 66.7 Å². The van der Waals surface area contributed by atoms with Crippen LogP contribution in [0.5, 0.6) is 0 Å². The van der Waals surface area contributed by atoms with Crippen LogP contribution < -0.4 is 5.73 Å². The molecule has 3 aromatic carbocycles. The molecule has 32 heavy (non-hydrogen) atoms. The Kier molecular flexibility index (Phi) is 5.04. The van der Waals surface area contributed by atoms with Crippen molar-refractivity contribution in [2.75, 3.05) is 13.1 Å². The minimum atomic E-state index is -0.679. The molecule has 2 atom stereocenters. The van der Waals surface area contributed by atoms with Gasteiger partial charge in [0.2, 0.25) is 0 Å². The van der Waals surface area contributed by atoms with Gasteiger partial charge in [0.1, 0.15) is 0 Å². The minimum Gasteiger partial charge on any atom is -0.390 e. The number of carbonyl (C=O) groups excluding carboxylic acids is 1. The first kappa shape index (κ1) is 20.4. The normalized spacial score (nSPS) is 18.4. The molecule has 0 radical (unpaired) electrons. The molecular weight excluding hydrogens is 400 g/mol. The second-order valence-electron chi connectivity index (χ2n) is 8.54. The molecule has 0 spiro atoms. The summed E-state index contributed by atoms with van der Waals surface area (Å²) in [5.41, 5.74) is 11.7. The third-order valence-corrected chi connectivity index (χ3v) is 6.18. The number of aliphatic hydroxyl groups excluding tert-OH is 1. The van der Waals surface area contributed by atoms with Crippen LogP contribution in [0.2, 0.25) is 0 Å². The van der Waals surface area contributed by atoms with Gasteiger partial charge in [-0.15, -0.1) is 0 Å². The lowest BCUT2D eigenvalue weighted by atomic mass is 9.95. The van der Waals surface area contributed by atoms with Crippen molar-refractivity contribution in [1.82, 2.24) is 14.7 Å². The van der Waals surface area contributed by atoms with E-state index in [1.54, 1.807) is 4.90 Å². The lowest BCUT2D eigenvalue weighted by molar-refractivity contribution is 0.0767. The molecule has 1 aliphatic heterocycles. The van der Waals surface area contributed by atoms with E-state index in [9.17, 15) is 9.90 Å². The number of β-amino-alcohol motifs (C(OH)–C–C–N with tert-alkyl or cyclic N) is 1. The third kappa shape index (κ3) is 3.47. The highest BCUT2D eigenvalue weighted by atomic mass is 16.3. The summed E-state index contributed by atoms with van der Waals surface area (Å²) >= 11 is 0. The number of fused-ring (bicyclic) bond motifs is 1. The van der Waals surface area contributed by atoms with Crippen LogP contribution in [0.25, 0.3) is 27.6 Å². The largest absolute Gasteiger partial charge is 0.390 e. The average Bonchev–Trinajstić information content (AvgIpc) is 3.32. The van der Waals surface area contributed by atoms with E-state index in [1.807, 2.05) is 61.0 Å². The number of aromatic nitrogens is 2. The fourth-order valence-electron chi connectivity index (χ4n) is 4.59. The Morgan fingerprint density at radius 2 is 1.75 bits per heavy atom. The smallest absolute Gasteiger partial charge is 0.254 e. The molecule has 0 bridgehead atoms. The van der Waals surface area contributed by atoms with Gasteiger partial charge in [0.15, 0.2) is 0 Å². The predicted octanol–water partition coefficient (Wildman–Crippen LogP) is 3.45. The Labute approximate surface area is 186 Å². The van der Waals surface area contributed by atoms with E-state index < -0.39 is 12.1 Å². The summed E-state index contributed by atoms with van der Waals surface area (Å²) < 4.78 is 1.95. The van der Waals surface area contributed by atoms with Crippen LogP contribution in [0.4, 0.5) is 0 Å². The Morgan fingerprint density at radius 3 is 2.47 bits per heavy atom. The predicted molar refractivity (Wildman–Crippen MR) is 126 cm³/mol. The Balaban J connectivity index is 1.58. The number of amides is 1. The van der Waals surface area contributed by atoms with Crippen LogP contribution in [0.3, 0.4) is 0 Å². The molecule has 2 heterocycles. The van der Waals surface area contributed by atoms with Gasteiger partial charge in [-0.05, 0) is 60.0 Å². The van der Waals surface area contributed by atoms with Gasteiger partial charge in [-0.2, -0.15) is 5.10 Å². The van der Waals surface area contributed by atoms with E-state index in [-0.39, 0.29) is 12.5 Å². The number of aliphatic hydroxyl groups is 1. The number of benzene rings is 3. The summed E-state index contributed by atoms with van der Waals surface area (Å²) in [6.45, 7) is 4.66. The second kappa shape index (κ2) is 7.89. The highest BCUT2D eigenvalue weighted by molar-refractivity contribution is 6.10. The first-order valence-electron chi connectivity index (χ1n) is 10.8. The van der Waals surface area contributed by atoms with Crippen LogP contribution >= 0.6 is 0 Å². The quantitative estimate of drug-likeness (QED) is 0.526. The molecular formula is C26H26N4O2. The summed E-state index contributed by atoms with van der Waals surface area (Å²) in [5, 5.41) is 16.5. The number of likely N-dealkylation sites (tertiary alicyclic amines) is 1. The summed E-state index contributed by atoms with van der Waals surface area (Å²) in [6, 6.07) is 21.8. The molecule has 0 aliphatic carbocycles. The zero-order valence-corrected chi connectivity index (χ0v) is 18.2. The molecule has 4 aromatic rings. The van der Waals surface area contributed by atoms with Gasteiger partial charge in [-0.3, -0.25) is 4.79 Å². The molecule has 0 saturated carbocycles. The van der Waals surface area contributed by atoms with E-state index in [2.05, 4.69) is 29.4 Å². The Bertz CT molecular complexity index is 1320. The van der Waals surface area contributed by atoms with Crippen molar-refractivity contribution in [2.45, 2.75) is 26.0 Å². The molecule has 1 saturated heterocycles. The Morgan fingerprint density at radius 1 is 1.00 bits per heavy atom. The maximum absolute atomic E-state index is 13.2. The molecule has 1 amide bonds. The van der Waals surface area contributed by atoms with Crippen molar-refractivity contribution < 1.29 is 9.90 Å². The van der Waals surface area contributed by atoms with E-state index in [4.69, 9.17) is 5.73 Å². The fraction of sp³-hybridized carbons (Fsp3) is 0.231. The molecule has 5 rings (SSSR count). The van der Waals surface area contributed by atoms with Crippen molar-refractivity contribution in [1.29, 1.82) is 0 Å². The van der Waals surface area contributed by atoms with Crippen molar-refractivity contribution >= 4 is 16.7 Å². The van der Waals surface area contributed by atoms with Gasteiger partial charge in [0, 0.05) is 30.4 Å². The van der Waals surface area contributed by atoms with Gasteiger partial charge >= 0.3 is 0 Å². The maximum Gasteiger partial charge on any atom is 0.254 e. The van der Waals surface area contributed by atoms with E-state index in [1.165, 1.54) is 0 Å². The van der Waals surface area contributed by atoms with Crippen molar-refractivity contribution in [2.24, 2.45) is 5.73 Å². The van der Waals surface area contributed by atoms with Gasteiger partial charge in [-0.1, -0.05) is 42.5 Å². The number of nitrogens with zero attached hydrogens (tertiary/aromatic N) is 3. The molecule has 0 unspecified atom stereocenters. The first-order valence-corrected chi connectivity index (χ1v) is 10.8. The SMILES string of the molecule is Cc1cc(C)n(-c2cccc(-c3cccc4c(C(=O)N5C[C@@H](N)[C@H](O)C5)cccc34)c2)n1. The monoisotopic (exact) mass is 426 g/mol. The molecule has 162 valence electrons. The molecule has 3 N–H and O–H groups in total. The molecule has 1 aromatic heterocycles. The van der Waals surface area contributed by atoms with Gasteiger partial charge in [0.05, 0.1) is 17.5 Å². The van der Waals surface area contributed by atoms with Crippen LogP contribution in [0.1, 0.15) is 21.7 Å². The number of aryl methyl sites for hydroxylation is 2. The van der Waals surface area contributed by atoms with Crippen molar-refractivity contribution in [3.05, 3.63) is 83.7 Å².